The first-order chi connectivity index (χ1) is 9.12. The van der Waals surface area contributed by atoms with Gasteiger partial charge >= 0.3 is 0 Å². The van der Waals surface area contributed by atoms with Gasteiger partial charge in [0, 0.05) is 0 Å². The molecule has 1 heterocycles. The van der Waals surface area contributed by atoms with E-state index in [0.29, 0.717) is 10.1 Å². The summed E-state index contributed by atoms with van der Waals surface area (Å²) in [4.78, 5) is 0. The first-order valence-electron chi connectivity index (χ1n) is 7.65. The molecule has 0 atom stereocenters. The molecule has 0 fully saturated rings. The normalized spacial score (nSPS) is 21.9. The van der Waals surface area contributed by atoms with Crippen molar-refractivity contribution >= 4 is 18.8 Å². The molecule has 0 nitrogen and oxygen atoms in total. The summed E-state index contributed by atoms with van der Waals surface area (Å²) in [5.41, 5.74) is 4.55. The minimum Gasteiger partial charge on any atom is -0.0680 e. The van der Waals surface area contributed by atoms with Crippen LogP contribution >= 0.6 is 0 Å². The van der Waals surface area contributed by atoms with Crippen LogP contribution in [0.1, 0.15) is 44.4 Å². The van der Waals surface area contributed by atoms with Crippen LogP contribution in [0, 0.1) is 6.92 Å². The molecule has 106 valence electrons. The molecule has 0 saturated carbocycles. The Morgan fingerprint density at radius 1 is 0.800 bits per heavy atom. The standard InChI is InChI=1S/C19H26Si/c1-13-11-12-16-17-14(13)9-8-10-15(17)18(2,3)20(6,7)19(16,4)5/h8-12H,1-7H3. The van der Waals surface area contributed by atoms with Crippen molar-refractivity contribution in [3.63, 3.8) is 0 Å². The molecular weight excluding hydrogens is 256 g/mol. The number of benzene rings is 2. The molecule has 2 aromatic rings. The van der Waals surface area contributed by atoms with Crippen LogP contribution in [0.4, 0.5) is 0 Å². The molecule has 0 spiro atoms. The first kappa shape index (κ1) is 13.9. The van der Waals surface area contributed by atoms with Gasteiger partial charge in [-0.2, -0.15) is 0 Å². The van der Waals surface area contributed by atoms with Crippen molar-refractivity contribution in [1.29, 1.82) is 0 Å². The molecule has 0 saturated heterocycles. The number of hydrogen-bond donors (Lipinski definition) is 0. The molecule has 0 aliphatic carbocycles. The Kier molecular flexibility index (Phi) is 2.61. The summed E-state index contributed by atoms with van der Waals surface area (Å²) in [6.07, 6.45) is 0. The Morgan fingerprint density at radius 2 is 1.35 bits per heavy atom. The average molecular weight is 283 g/mol. The third kappa shape index (κ3) is 1.37. The van der Waals surface area contributed by atoms with Gasteiger partial charge in [0.2, 0.25) is 0 Å². The van der Waals surface area contributed by atoms with E-state index in [-0.39, 0.29) is 0 Å². The predicted octanol–water partition coefficient (Wildman–Crippen LogP) is 5.50. The molecular formula is C19H26Si. The van der Waals surface area contributed by atoms with Crippen LogP contribution in [-0.4, -0.2) is 8.07 Å². The molecule has 0 radical (unpaired) electrons. The molecule has 1 aliphatic rings. The zero-order valence-electron chi connectivity index (χ0n) is 13.9. The summed E-state index contributed by atoms with van der Waals surface area (Å²) in [5, 5.41) is 3.59. The lowest BCUT2D eigenvalue weighted by molar-refractivity contribution is 0.604. The molecule has 0 unspecified atom stereocenters. The van der Waals surface area contributed by atoms with Gasteiger partial charge in [-0.1, -0.05) is 71.1 Å². The average Bonchev–Trinajstić information content (AvgIpc) is 2.36. The monoisotopic (exact) mass is 282 g/mol. The van der Waals surface area contributed by atoms with Gasteiger partial charge in [-0.3, -0.25) is 0 Å². The smallest absolute Gasteiger partial charge is 0.0680 e. The lowest BCUT2D eigenvalue weighted by atomic mass is 9.85. The minimum atomic E-state index is -1.49. The minimum absolute atomic E-state index is 0.302. The maximum atomic E-state index is 2.56. The van der Waals surface area contributed by atoms with Crippen LogP contribution in [0.2, 0.25) is 13.1 Å². The Hall–Kier alpha value is -1.08. The highest BCUT2D eigenvalue weighted by molar-refractivity contribution is 6.83. The first-order valence-corrected chi connectivity index (χ1v) is 10.7. The highest BCUT2D eigenvalue weighted by Crippen LogP contribution is 2.53. The zero-order chi connectivity index (χ0) is 14.9. The molecule has 0 aromatic heterocycles. The van der Waals surface area contributed by atoms with Gasteiger partial charge in [0.25, 0.3) is 0 Å². The fourth-order valence-electron chi connectivity index (χ4n) is 4.05. The highest BCUT2D eigenvalue weighted by Gasteiger charge is 2.55. The van der Waals surface area contributed by atoms with Crippen LogP contribution in [0.25, 0.3) is 10.8 Å². The van der Waals surface area contributed by atoms with Gasteiger partial charge in [-0.25, -0.2) is 0 Å². The summed E-state index contributed by atoms with van der Waals surface area (Å²) in [5.74, 6) is 0. The molecule has 0 bridgehead atoms. The molecule has 0 amide bonds. The molecule has 2 aromatic carbocycles. The van der Waals surface area contributed by atoms with E-state index in [1.165, 1.54) is 16.3 Å². The van der Waals surface area contributed by atoms with Gasteiger partial charge in [0.1, 0.15) is 0 Å². The van der Waals surface area contributed by atoms with E-state index >= 15 is 0 Å². The van der Waals surface area contributed by atoms with Crippen molar-refractivity contribution in [3.05, 3.63) is 47.0 Å². The summed E-state index contributed by atoms with van der Waals surface area (Å²) < 4.78 is 0. The van der Waals surface area contributed by atoms with Crippen LogP contribution in [-0.2, 0) is 10.1 Å². The van der Waals surface area contributed by atoms with Gasteiger partial charge in [0.15, 0.2) is 0 Å². The maximum absolute atomic E-state index is 2.56. The van der Waals surface area contributed by atoms with Crippen molar-refractivity contribution in [3.8, 4) is 0 Å². The zero-order valence-corrected chi connectivity index (χ0v) is 14.9. The highest BCUT2D eigenvalue weighted by atomic mass is 28.3. The Morgan fingerprint density at radius 3 is 1.95 bits per heavy atom. The summed E-state index contributed by atoms with van der Waals surface area (Å²) in [7, 11) is -1.49. The van der Waals surface area contributed by atoms with Crippen LogP contribution in [0.3, 0.4) is 0 Å². The van der Waals surface area contributed by atoms with Crippen molar-refractivity contribution in [2.45, 2.75) is 57.8 Å². The van der Waals surface area contributed by atoms with Crippen molar-refractivity contribution in [2.24, 2.45) is 0 Å². The summed E-state index contributed by atoms with van der Waals surface area (Å²) >= 11 is 0. The molecule has 1 aliphatic heterocycles. The second-order valence-electron chi connectivity index (χ2n) is 8.03. The summed E-state index contributed by atoms with van der Waals surface area (Å²) in [6.45, 7) is 17.3. The summed E-state index contributed by atoms with van der Waals surface area (Å²) in [6, 6.07) is 11.6. The molecule has 20 heavy (non-hydrogen) atoms. The van der Waals surface area contributed by atoms with Crippen molar-refractivity contribution < 1.29 is 0 Å². The maximum Gasteiger partial charge on any atom is 0.0683 e. The number of hydrogen-bond acceptors (Lipinski definition) is 0. The largest absolute Gasteiger partial charge is 0.0683 e. The second-order valence-corrected chi connectivity index (χ2v) is 13.8. The fourth-order valence-corrected chi connectivity index (χ4v) is 7.37. The van der Waals surface area contributed by atoms with E-state index in [4.69, 9.17) is 0 Å². The third-order valence-corrected chi connectivity index (χ3v) is 13.5. The third-order valence-electron chi connectivity index (χ3n) is 6.73. The van der Waals surface area contributed by atoms with Gasteiger partial charge in [-0.15, -0.1) is 0 Å². The van der Waals surface area contributed by atoms with Crippen LogP contribution in [0.5, 0.6) is 0 Å². The molecule has 3 rings (SSSR count). The quantitative estimate of drug-likeness (QED) is 0.559. The number of rotatable bonds is 0. The van der Waals surface area contributed by atoms with Crippen molar-refractivity contribution in [2.75, 3.05) is 0 Å². The lowest BCUT2D eigenvalue weighted by Crippen LogP contribution is -2.62. The van der Waals surface area contributed by atoms with E-state index in [9.17, 15) is 0 Å². The van der Waals surface area contributed by atoms with Gasteiger partial charge in [-0.05, 0) is 44.5 Å². The number of aryl methyl sites for hydroxylation is 1. The van der Waals surface area contributed by atoms with Gasteiger partial charge < -0.3 is 0 Å². The SMILES string of the molecule is Cc1ccc2c3c(cccc13)C(C)(C)[Si](C)(C)C2(C)C. The lowest BCUT2D eigenvalue weighted by Gasteiger charge is -2.55. The van der Waals surface area contributed by atoms with E-state index in [2.05, 4.69) is 78.0 Å². The van der Waals surface area contributed by atoms with Crippen LogP contribution < -0.4 is 0 Å². The van der Waals surface area contributed by atoms with Gasteiger partial charge in [0.05, 0.1) is 8.07 Å². The van der Waals surface area contributed by atoms with E-state index in [1.807, 2.05) is 0 Å². The second kappa shape index (κ2) is 3.76. The van der Waals surface area contributed by atoms with E-state index in [0.717, 1.165) is 0 Å². The Labute approximate surface area is 124 Å². The Bertz CT molecular complexity index is 681. The van der Waals surface area contributed by atoms with Crippen LogP contribution in [0.15, 0.2) is 30.3 Å². The predicted molar refractivity (Wildman–Crippen MR) is 92.2 cm³/mol. The van der Waals surface area contributed by atoms with E-state index < -0.39 is 8.07 Å². The molecule has 1 heteroatoms. The fraction of sp³-hybridized carbons (Fsp3) is 0.474. The molecule has 0 N–H and O–H groups in total. The topological polar surface area (TPSA) is 0 Å². The van der Waals surface area contributed by atoms with E-state index in [1.54, 1.807) is 11.1 Å². The van der Waals surface area contributed by atoms with Crippen molar-refractivity contribution in [1.82, 2.24) is 0 Å². The Balaban J connectivity index is 2.58.